The van der Waals surface area contributed by atoms with Crippen LogP contribution in [0, 0.1) is 17.8 Å². The molecule has 2 amide bonds. The summed E-state index contributed by atoms with van der Waals surface area (Å²) in [5.74, 6) is -5.54. The van der Waals surface area contributed by atoms with E-state index in [1.165, 1.54) is 18.2 Å². The fourth-order valence-corrected chi connectivity index (χ4v) is 2.96. The molecule has 1 aromatic carbocycles. The zero-order valence-electron chi connectivity index (χ0n) is 11.0. The fraction of sp³-hybridized carbons (Fsp3) is 0.357. The maximum atomic E-state index is 12.9. The zero-order valence-corrected chi connectivity index (χ0v) is 11.0. The number of carbonyl (C=O) groups excluding carboxylic acids is 2. The number of imide groups is 1. The summed E-state index contributed by atoms with van der Waals surface area (Å²) in [5, 5.41) is 8.85. The average Bonchev–Trinajstić information content (AvgIpc) is 3.13. The Kier molecular flexibility index (Phi) is 3.01. The first kappa shape index (κ1) is 14.6. The van der Waals surface area contributed by atoms with Gasteiger partial charge in [0, 0.05) is 0 Å². The Morgan fingerprint density at radius 1 is 1.14 bits per heavy atom. The Labute approximate surface area is 122 Å². The summed E-state index contributed by atoms with van der Waals surface area (Å²) in [4.78, 5) is 35.6. The van der Waals surface area contributed by atoms with Gasteiger partial charge in [-0.2, -0.15) is 13.2 Å². The number of carboxylic acid groups (broad SMARTS) is 1. The van der Waals surface area contributed by atoms with Gasteiger partial charge in [-0.25, -0.2) is 0 Å². The van der Waals surface area contributed by atoms with Crippen LogP contribution < -0.4 is 0 Å². The molecule has 1 heterocycles. The van der Waals surface area contributed by atoms with Crippen molar-refractivity contribution in [2.24, 2.45) is 17.8 Å². The maximum Gasteiger partial charge on any atom is 0.416 e. The van der Waals surface area contributed by atoms with Crippen molar-refractivity contribution < 1.29 is 32.7 Å². The lowest BCUT2D eigenvalue weighted by atomic mass is 10.1. The summed E-state index contributed by atoms with van der Waals surface area (Å²) in [5.41, 5.74) is -1.10. The Balaban J connectivity index is 1.84. The highest BCUT2D eigenvalue weighted by Gasteiger charge is 2.70. The van der Waals surface area contributed by atoms with Crippen LogP contribution in [-0.2, 0) is 27.1 Å². The molecule has 116 valence electrons. The number of nitrogens with zero attached hydrogens (tertiary/aromatic N) is 1. The molecular weight excluding hydrogens is 303 g/mol. The number of alkyl halides is 3. The number of hydrogen-bond donors (Lipinski definition) is 1. The molecule has 2 atom stereocenters. The van der Waals surface area contributed by atoms with Crippen LogP contribution in [0.3, 0.4) is 0 Å². The molecule has 22 heavy (non-hydrogen) atoms. The monoisotopic (exact) mass is 313 g/mol. The second-order valence-corrected chi connectivity index (χ2v) is 5.33. The van der Waals surface area contributed by atoms with Crippen molar-refractivity contribution in [3.8, 4) is 0 Å². The average molecular weight is 313 g/mol. The van der Waals surface area contributed by atoms with Crippen LogP contribution >= 0.6 is 0 Å². The number of amides is 2. The van der Waals surface area contributed by atoms with E-state index >= 15 is 0 Å². The fourth-order valence-electron chi connectivity index (χ4n) is 2.96. The number of likely N-dealkylation sites (tertiary alicyclic amines) is 1. The van der Waals surface area contributed by atoms with Crippen LogP contribution in [0.1, 0.15) is 11.1 Å². The molecule has 1 saturated carbocycles. The molecule has 1 N–H and O–H groups in total. The molecule has 0 radical (unpaired) electrons. The van der Waals surface area contributed by atoms with Gasteiger partial charge in [-0.05, 0) is 11.6 Å². The summed E-state index contributed by atoms with van der Waals surface area (Å²) >= 11 is 0. The van der Waals surface area contributed by atoms with Crippen LogP contribution in [0.4, 0.5) is 13.2 Å². The van der Waals surface area contributed by atoms with E-state index in [2.05, 4.69) is 0 Å². The van der Waals surface area contributed by atoms with Crippen molar-refractivity contribution in [2.75, 3.05) is 0 Å². The van der Waals surface area contributed by atoms with Crippen molar-refractivity contribution in [2.45, 2.75) is 12.7 Å². The number of halogens is 3. The number of piperidine rings is 1. The number of hydrogen-bond acceptors (Lipinski definition) is 3. The van der Waals surface area contributed by atoms with Crippen molar-refractivity contribution in [1.82, 2.24) is 4.90 Å². The number of benzene rings is 1. The molecule has 0 aromatic heterocycles. The van der Waals surface area contributed by atoms with Crippen LogP contribution in [-0.4, -0.2) is 27.8 Å². The highest BCUT2D eigenvalue weighted by Crippen LogP contribution is 2.53. The van der Waals surface area contributed by atoms with Crippen molar-refractivity contribution in [3.05, 3.63) is 35.4 Å². The van der Waals surface area contributed by atoms with Gasteiger partial charge >= 0.3 is 12.1 Å². The minimum absolute atomic E-state index is 0.190. The molecule has 1 aromatic rings. The Morgan fingerprint density at radius 2 is 1.68 bits per heavy atom. The van der Waals surface area contributed by atoms with Crippen LogP contribution in [0.15, 0.2) is 24.3 Å². The van der Waals surface area contributed by atoms with E-state index in [1.54, 1.807) is 0 Å². The summed E-state index contributed by atoms with van der Waals surface area (Å²) in [6.45, 7) is -0.493. The molecule has 1 aliphatic carbocycles. The molecule has 2 unspecified atom stereocenters. The van der Waals surface area contributed by atoms with Gasteiger partial charge in [0.25, 0.3) is 0 Å². The first-order chi connectivity index (χ1) is 10.2. The maximum absolute atomic E-state index is 12.9. The minimum Gasteiger partial charge on any atom is -0.481 e. The molecule has 3 rings (SSSR count). The van der Waals surface area contributed by atoms with E-state index in [0.29, 0.717) is 0 Å². The number of aliphatic carboxylic acids is 1. The molecule has 0 spiro atoms. The third-order valence-corrected chi connectivity index (χ3v) is 4.06. The predicted molar refractivity (Wildman–Crippen MR) is 65.1 cm³/mol. The zero-order chi connectivity index (χ0) is 16.2. The molecule has 1 saturated heterocycles. The van der Waals surface area contributed by atoms with Gasteiger partial charge in [-0.3, -0.25) is 19.3 Å². The third-order valence-electron chi connectivity index (χ3n) is 4.06. The number of rotatable bonds is 3. The first-order valence-corrected chi connectivity index (χ1v) is 6.46. The number of carbonyl (C=O) groups is 3. The first-order valence-electron chi connectivity index (χ1n) is 6.46. The van der Waals surface area contributed by atoms with E-state index in [1.807, 2.05) is 0 Å². The lowest BCUT2D eigenvalue weighted by molar-refractivity contribution is -0.149. The van der Waals surface area contributed by atoms with Crippen LogP contribution in [0.2, 0.25) is 0 Å². The molecule has 5 nitrogen and oxygen atoms in total. The second-order valence-electron chi connectivity index (χ2n) is 5.33. The van der Waals surface area contributed by atoms with E-state index in [-0.39, 0.29) is 5.56 Å². The Morgan fingerprint density at radius 3 is 2.18 bits per heavy atom. The molecule has 8 heteroatoms. The third kappa shape index (κ3) is 2.06. The van der Waals surface area contributed by atoms with Crippen molar-refractivity contribution in [3.63, 3.8) is 0 Å². The predicted octanol–water partition coefficient (Wildman–Crippen LogP) is 1.52. The van der Waals surface area contributed by atoms with E-state index in [0.717, 1.165) is 11.0 Å². The molecular formula is C14H10F3NO4. The number of carboxylic acids is 1. The second kappa shape index (κ2) is 4.56. The van der Waals surface area contributed by atoms with Crippen molar-refractivity contribution >= 4 is 17.8 Å². The largest absolute Gasteiger partial charge is 0.481 e. The quantitative estimate of drug-likeness (QED) is 0.859. The van der Waals surface area contributed by atoms with Gasteiger partial charge in [0.1, 0.15) is 0 Å². The highest BCUT2D eigenvalue weighted by molar-refractivity contribution is 6.13. The SMILES string of the molecule is O=C(O)C1C2C(=O)N(Cc3ccccc3C(F)(F)F)C(=O)C12. The van der Waals surface area contributed by atoms with Gasteiger partial charge in [-0.15, -0.1) is 0 Å². The summed E-state index contributed by atoms with van der Waals surface area (Å²) in [7, 11) is 0. The van der Waals surface area contributed by atoms with Crippen LogP contribution in [0.25, 0.3) is 0 Å². The van der Waals surface area contributed by atoms with Gasteiger partial charge in [-0.1, -0.05) is 18.2 Å². The summed E-state index contributed by atoms with van der Waals surface area (Å²) < 4.78 is 38.7. The topological polar surface area (TPSA) is 74.7 Å². The van der Waals surface area contributed by atoms with Gasteiger partial charge in [0.15, 0.2) is 0 Å². The van der Waals surface area contributed by atoms with E-state index in [9.17, 15) is 27.6 Å². The van der Waals surface area contributed by atoms with Gasteiger partial charge < -0.3 is 5.11 Å². The normalized spacial score (nSPS) is 27.0. The summed E-state index contributed by atoms with van der Waals surface area (Å²) in [6.07, 6.45) is -4.59. The van der Waals surface area contributed by atoms with E-state index < -0.39 is 53.8 Å². The standard InChI is InChI=1S/C14H10F3NO4/c15-14(16,17)7-4-2-1-3-6(7)5-18-11(19)8-9(12(18)20)10(8)13(21)22/h1-4,8-10H,5H2,(H,21,22). The molecule has 0 bridgehead atoms. The lowest BCUT2D eigenvalue weighted by Gasteiger charge is -2.20. The number of fused-ring (bicyclic) bond motifs is 1. The van der Waals surface area contributed by atoms with Crippen molar-refractivity contribution in [1.29, 1.82) is 0 Å². The molecule has 2 fully saturated rings. The van der Waals surface area contributed by atoms with Gasteiger partial charge in [0.2, 0.25) is 11.8 Å². The Hall–Kier alpha value is -2.38. The lowest BCUT2D eigenvalue weighted by Crippen LogP contribution is -2.35. The van der Waals surface area contributed by atoms with Crippen LogP contribution in [0.5, 0.6) is 0 Å². The molecule has 1 aliphatic heterocycles. The smallest absolute Gasteiger partial charge is 0.416 e. The minimum atomic E-state index is -4.59. The Bertz CT molecular complexity index is 663. The van der Waals surface area contributed by atoms with E-state index in [4.69, 9.17) is 5.11 Å². The summed E-state index contributed by atoms with van der Waals surface area (Å²) in [6, 6.07) is 4.68. The van der Waals surface area contributed by atoms with Gasteiger partial charge in [0.05, 0.1) is 29.9 Å². The molecule has 2 aliphatic rings. The highest BCUT2D eigenvalue weighted by atomic mass is 19.4.